The lowest BCUT2D eigenvalue weighted by Gasteiger charge is -2.12. The van der Waals surface area contributed by atoms with Gasteiger partial charge in [0.25, 0.3) is 0 Å². The van der Waals surface area contributed by atoms with E-state index in [0.29, 0.717) is 39.8 Å². The SMILES string of the molecule is [2H]c1c([2H])c([2H])c(-c2cc(-c3nc(-c4ccccc4)nc(-c4ccc5ccc(-c6ccccc6)cc5c4)n3)c3c(c2)oc2ccccc23)c([2H])c1[2H]. The van der Waals surface area contributed by atoms with Crippen LogP contribution in [-0.4, -0.2) is 15.0 Å². The first-order valence-corrected chi connectivity index (χ1v) is 15.3. The third-order valence-corrected chi connectivity index (χ3v) is 8.38. The summed E-state index contributed by atoms with van der Waals surface area (Å²) >= 11 is 0. The van der Waals surface area contributed by atoms with Crippen LogP contribution in [0.5, 0.6) is 0 Å². The van der Waals surface area contributed by atoms with Crippen molar-refractivity contribution in [2.24, 2.45) is 0 Å². The lowest BCUT2D eigenvalue weighted by Crippen LogP contribution is -2.00. The minimum Gasteiger partial charge on any atom is -0.456 e. The molecule has 0 saturated heterocycles. The molecule has 9 rings (SSSR count). The second-order valence-electron chi connectivity index (χ2n) is 11.3. The van der Waals surface area contributed by atoms with Gasteiger partial charge in [0.05, 0.1) is 6.85 Å². The fourth-order valence-electron chi connectivity index (χ4n) is 6.11. The van der Waals surface area contributed by atoms with E-state index in [-0.39, 0.29) is 17.6 Å². The summed E-state index contributed by atoms with van der Waals surface area (Å²) in [4.78, 5) is 15.1. The minimum absolute atomic E-state index is 0.0657. The van der Waals surface area contributed by atoms with Crippen LogP contribution in [0.3, 0.4) is 0 Å². The van der Waals surface area contributed by atoms with Crippen molar-refractivity contribution in [2.75, 3.05) is 0 Å². The molecule has 0 spiro atoms. The topological polar surface area (TPSA) is 51.8 Å². The second kappa shape index (κ2) is 11.2. The molecule has 2 heterocycles. The number of aromatic nitrogens is 3. The summed E-state index contributed by atoms with van der Waals surface area (Å²) in [6.45, 7) is 0. The first kappa shape index (κ1) is 22.2. The van der Waals surface area contributed by atoms with Gasteiger partial charge in [0.1, 0.15) is 11.2 Å². The highest BCUT2D eigenvalue weighted by Gasteiger charge is 2.19. The molecular weight excluding hydrogens is 574 g/mol. The number of para-hydroxylation sites is 1. The van der Waals surface area contributed by atoms with E-state index >= 15 is 0 Å². The lowest BCUT2D eigenvalue weighted by molar-refractivity contribution is 0.669. The number of furan rings is 1. The van der Waals surface area contributed by atoms with Crippen LogP contribution in [0.25, 0.3) is 89.1 Å². The van der Waals surface area contributed by atoms with Gasteiger partial charge in [0.2, 0.25) is 0 Å². The minimum atomic E-state index is -0.454. The molecule has 0 N–H and O–H groups in total. The average molecular weight is 607 g/mol. The molecule has 0 bridgehead atoms. The molecule has 4 heteroatoms. The number of benzene rings is 7. The van der Waals surface area contributed by atoms with E-state index in [1.165, 1.54) is 0 Å². The van der Waals surface area contributed by atoms with Gasteiger partial charge in [-0.05, 0) is 63.4 Å². The van der Waals surface area contributed by atoms with Gasteiger partial charge in [-0.3, -0.25) is 0 Å². The largest absolute Gasteiger partial charge is 0.456 e. The molecule has 0 aliphatic carbocycles. The molecule has 7 aromatic carbocycles. The summed E-state index contributed by atoms with van der Waals surface area (Å²) in [7, 11) is 0. The zero-order chi connectivity index (χ0) is 35.5. The van der Waals surface area contributed by atoms with Crippen LogP contribution in [0.4, 0.5) is 0 Å². The van der Waals surface area contributed by atoms with Crippen LogP contribution in [0.1, 0.15) is 6.85 Å². The molecule has 2 aromatic heterocycles. The van der Waals surface area contributed by atoms with Gasteiger partial charge in [0, 0.05) is 27.5 Å². The fraction of sp³-hybridized carbons (Fsp3) is 0. The Morgan fingerprint density at radius 2 is 1.06 bits per heavy atom. The number of fused-ring (bicyclic) bond motifs is 4. The Hall–Kier alpha value is -6.39. The van der Waals surface area contributed by atoms with Crippen LogP contribution in [0.2, 0.25) is 0 Å². The molecule has 220 valence electrons. The van der Waals surface area contributed by atoms with Gasteiger partial charge in [-0.1, -0.05) is 133 Å². The molecule has 0 aliphatic heterocycles. The van der Waals surface area contributed by atoms with E-state index in [2.05, 4.69) is 42.5 Å². The van der Waals surface area contributed by atoms with Gasteiger partial charge in [-0.25, -0.2) is 15.0 Å². The number of hydrogen-bond acceptors (Lipinski definition) is 4. The van der Waals surface area contributed by atoms with Crippen LogP contribution in [-0.2, 0) is 0 Å². The van der Waals surface area contributed by atoms with Gasteiger partial charge >= 0.3 is 0 Å². The highest BCUT2D eigenvalue weighted by molar-refractivity contribution is 6.13. The quantitative estimate of drug-likeness (QED) is 0.196. The van der Waals surface area contributed by atoms with Crippen molar-refractivity contribution in [3.8, 4) is 56.4 Å². The van der Waals surface area contributed by atoms with Crippen LogP contribution >= 0.6 is 0 Å². The van der Waals surface area contributed by atoms with Crippen molar-refractivity contribution in [1.29, 1.82) is 0 Å². The Bertz CT molecular complexity index is 2830. The summed E-state index contributed by atoms with van der Waals surface area (Å²) in [6.07, 6.45) is 0. The van der Waals surface area contributed by atoms with E-state index < -0.39 is 18.1 Å². The predicted molar refractivity (Wildman–Crippen MR) is 192 cm³/mol. The van der Waals surface area contributed by atoms with Crippen LogP contribution < -0.4 is 0 Å². The first-order valence-electron chi connectivity index (χ1n) is 17.8. The van der Waals surface area contributed by atoms with Crippen LogP contribution in [0, 0.1) is 0 Å². The molecule has 4 nitrogen and oxygen atoms in total. The first-order chi connectivity index (χ1) is 25.3. The molecule has 0 radical (unpaired) electrons. The summed E-state index contributed by atoms with van der Waals surface area (Å²) < 4.78 is 48.7. The van der Waals surface area contributed by atoms with Crippen molar-refractivity contribution in [3.05, 3.63) is 164 Å². The van der Waals surface area contributed by atoms with E-state index in [0.717, 1.165) is 43.8 Å². The Balaban J connectivity index is 1.31. The molecule has 0 aliphatic rings. The Morgan fingerprint density at radius 3 is 1.85 bits per heavy atom. The van der Waals surface area contributed by atoms with E-state index in [1.54, 1.807) is 12.1 Å². The fourth-order valence-corrected chi connectivity index (χ4v) is 6.11. The average Bonchev–Trinajstić information content (AvgIpc) is 3.58. The number of rotatable bonds is 5. The predicted octanol–water partition coefficient (Wildman–Crippen LogP) is 11.3. The Morgan fingerprint density at radius 1 is 0.426 bits per heavy atom. The summed E-state index contributed by atoms with van der Waals surface area (Å²) in [5.41, 5.74) is 5.97. The number of hydrogen-bond donors (Lipinski definition) is 0. The monoisotopic (exact) mass is 606 g/mol. The van der Waals surface area contributed by atoms with Gasteiger partial charge in [0.15, 0.2) is 17.5 Å². The van der Waals surface area contributed by atoms with Crippen molar-refractivity contribution < 1.29 is 11.3 Å². The molecule has 0 fully saturated rings. The lowest BCUT2D eigenvalue weighted by atomic mass is 9.98. The van der Waals surface area contributed by atoms with Gasteiger partial charge in [-0.2, -0.15) is 0 Å². The highest BCUT2D eigenvalue weighted by Crippen LogP contribution is 2.40. The maximum absolute atomic E-state index is 8.75. The summed E-state index contributed by atoms with van der Waals surface area (Å²) in [5, 5.41) is 3.70. The van der Waals surface area contributed by atoms with E-state index in [9.17, 15) is 0 Å². The maximum atomic E-state index is 8.75. The smallest absolute Gasteiger partial charge is 0.164 e. The summed E-state index contributed by atoms with van der Waals surface area (Å²) in [6, 6.07) is 41.7. The normalized spacial score (nSPS) is 12.9. The third-order valence-electron chi connectivity index (χ3n) is 8.38. The van der Waals surface area contributed by atoms with Gasteiger partial charge < -0.3 is 4.42 Å². The highest BCUT2D eigenvalue weighted by atomic mass is 16.3. The molecule has 0 atom stereocenters. The van der Waals surface area contributed by atoms with Crippen molar-refractivity contribution in [1.82, 2.24) is 15.0 Å². The van der Waals surface area contributed by atoms with Crippen molar-refractivity contribution in [2.45, 2.75) is 0 Å². The maximum Gasteiger partial charge on any atom is 0.164 e. The standard InChI is InChI=1S/C43H27N3O/c1-4-12-28(13-5-1)32-22-20-30-21-23-33(25-34(30)24-32)42-44-41(31-16-8-3-9-17-31)45-43(46-42)37-26-35(29-14-6-2-7-15-29)27-39-40(37)36-18-10-11-19-38(36)47-39/h1-27H/i2D,6D,7D,14D,15D. The van der Waals surface area contributed by atoms with Crippen molar-refractivity contribution in [3.63, 3.8) is 0 Å². The molecular formula is C43H27N3O. The Kier molecular flexibility index (Phi) is 5.28. The zero-order valence-corrected chi connectivity index (χ0v) is 25.0. The molecule has 47 heavy (non-hydrogen) atoms. The summed E-state index contributed by atoms with van der Waals surface area (Å²) in [5.74, 6) is 1.28. The van der Waals surface area contributed by atoms with E-state index in [1.807, 2.05) is 78.9 Å². The number of nitrogens with zero attached hydrogens (tertiary/aromatic N) is 3. The molecule has 0 saturated carbocycles. The second-order valence-corrected chi connectivity index (χ2v) is 11.3. The zero-order valence-electron chi connectivity index (χ0n) is 30.0. The third kappa shape index (κ3) is 4.93. The molecule has 0 amide bonds. The Labute approximate surface area is 278 Å². The van der Waals surface area contributed by atoms with Crippen molar-refractivity contribution >= 4 is 32.7 Å². The van der Waals surface area contributed by atoms with E-state index in [4.69, 9.17) is 26.2 Å². The van der Waals surface area contributed by atoms with Crippen LogP contribution in [0.15, 0.2) is 168 Å². The van der Waals surface area contributed by atoms with Gasteiger partial charge in [-0.15, -0.1) is 0 Å². The molecule has 9 aromatic rings. The molecule has 0 unspecified atom stereocenters.